The third-order valence-electron chi connectivity index (χ3n) is 4.52. The number of rotatable bonds is 9. The Morgan fingerprint density at radius 1 is 0.895 bits per heavy atom. The van der Waals surface area contributed by atoms with Gasteiger partial charge in [-0.1, -0.05) is 67.7 Å². The highest BCUT2D eigenvalue weighted by Crippen LogP contribution is 2.43. The van der Waals surface area contributed by atoms with E-state index in [1.54, 1.807) is 0 Å². The van der Waals surface area contributed by atoms with Gasteiger partial charge in [-0.05, 0) is 36.5 Å². The maximum atomic E-state index is 6.16. The van der Waals surface area contributed by atoms with Crippen molar-refractivity contribution in [3.8, 4) is 0 Å². The van der Waals surface area contributed by atoms with E-state index in [1.165, 1.54) is 32.1 Å². The summed E-state index contributed by atoms with van der Waals surface area (Å²) in [7, 11) is 0. The van der Waals surface area contributed by atoms with Crippen LogP contribution in [0.1, 0.15) is 87.5 Å². The first kappa shape index (κ1) is 19.0. The van der Waals surface area contributed by atoms with Crippen molar-refractivity contribution in [3.63, 3.8) is 0 Å². The third-order valence-corrected chi connectivity index (χ3v) is 4.52. The van der Waals surface area contributed by atoms with Gasteiger partial charge in [-0.3, -0.25) is 0 Å². The fraction of sp³-hybridized carbons (Fsp3) is 1.00. The maximum Gasteiger partial charge on any atom is 0.0603 e. The summed E-state index contributed by atoms with van der Waals surface area (Å²) in [6.45, 7) is 19.5. The maximum absolute atomic E-state index is 6.16. The molecule has 0 saturated heterocycles. The molecule has 0 aliphatic heterocycles. The molecular weight excluding hydrogens is 232 g/mol. The van der Waals surface area contributed by atoms with Crippen molar-refractivity contribution >= 4 is 0 Å². The third kappa shape index (κ3) is 7.34. The molecule has 0 aromatic rings. The van der Waals surface area contributed by atoms with Crippen LogP contribution in [0.25, 0.3) is 0 Å². The van der Waals surface area contributed by atoms with Gasteiger partial charge in [0.1, 0.15) is 0 Å². The largest absolute Gasteiger partial charge is 0.378 e. The number of hydrogen-bond donors (Lipinski definition) is 0. The second-order valence-electron chi connectivity index (χ2n) is 7.97. The van der Waals surface area contributed by atoms with Gasteiger partial charge < -0.3 is 4.74 Å². The summed E-state index contributed by atoms with van der Waals surface area (Å²) in [4.78, 5) is 0. The zero-order valence-electron chi connectivity index (χ0n) is 14.8. The van der Waals surface area contributed by atoms with Gasteiger partial charge in [-0.15, -0.1) is 0 Å². The highest BCUT2D eigenvalue weighted by Gasteiger charge is 2.38. The second kappa shape index (κ2) is 8.29. The first-order valence-corrected chi connectivity index (χ1v) is 8.25. The lowest BCUT2D eigenvalue weighted by atomic mass is 9.66. The van der Waals surface area contributed by atoms with E-state index < -0.39 is 0 Å². The normalized spacial score (nSPS) is 17.5. The molecule has 0 heterocycles. The molecule has 19 heavy (non-hydrogen) atoms. The predicted octanol–water partition coefficient (Wildman–Crippen LogP) is 6.07. The van der Waals surface area contributed by atoms with E-state index in [0.29, 0.717) is 17.4 Å². The summed E-state index contributed by atoms with van der Waals surface area (Å²) >= 11 is 0. The average Bonchev–Trinajstić information content (AvgIpc) is 2.25. The fourth-order valence-electron chi connectivity index (χ4n) is 2.94. The van der Waals surface area contributed by atoms with E-state index >= 15 is 0 Å². The smallest absolute Gasteiger partial charge is 0.0603 e. The van der Waals surface area contributed by atoms with Crippen LogP contribution in [0.3, 0.4) is 0 Å². The summed E-state index contributed by atoms with van der Waals surface area (Å²) in [5, 5.41) is 0. The molecule has 2 unspecified atom stereocenters. The Morgan fingerprint density at radius 3 is 1.89 bits per heavy atom. The minimum Gasteiger partial charge on any atom is -0.378 e. The molecule has 0 rings (SSSR count). The number of hydrogen-bond acceptors (Lipinski definition) is 1. The molecule has 116 valence electrons. The van der Waals surface area contributed by atoms with Crippen LogP contribution in [-0.2, 0) is 4.74 Å². The highest BCUT2D eigenvalue weighted by atomic mass is 16.5. The van der Waals surface area contributed by atoms with Crippen LogP contribution in [0.15, 0.2) is 0 Å². The van der Waals surface area contributed by atoms with Crippen molar-refractivity contribution in [3.05, 3.63) is 0 Å². The molecule has 0 aliphatic carbocycles. The number of ether oxygens (including phenoxy) is 1. The molecule has 0 amide bonds. The van der Waals surface area contributed by atoms with Crippen molar-refractivity contribution in [2.75, 3.05) is 6.61 Å². The van der Waals surface area contributed by atoms with Gasteiger partial charge in [0, 0.05) is 6.61 Å². The molecule has 1 nitrogen and oxygen atoms in total. The van der Waals surface area contributed by atoms with Crippen molar-refractivity contribution in [2.24, 2.45) is 16.7 Å². The minimum absolute atomic E-state index is 0.267. The van der Waals surface area contributed by atoms with Gasteiger partial charge in [0.25, 0.3) is 0 Å². The van der Waals surface area contributed by atoms with Crippen LogP contribution < -0.4 is 0 Å². The second-order valence-corrected chi connectivity index (χ2v) is 7.97. The molecular formula is C18H38O. The molecule has 0 bridgehead atoms. The minimum atomic E-state index is 0.267. The first-order chi connectivity index (χ1) is 8.63. The molecule has 0 aromatic heterocycles. The highest BCUT2D eigenvalue weighted by molar-refractivity contribution is 4.87. The van der Waals surface area contributed by atoms with E-state index in [2.05, 4.69) is 55.4 Å². The van der Waals surface area contributed by atoms with E-state index in [4.69, 9.17) is 4.74 Å². The predicted molar refractivity (Wildman–Crippen MR) is 86.6 cm³/mol. The Morgan fingerprint density at radius 2 is 1.47 bits per heavy atom. The Balaban J connectivity index is 4.37. The van der Waals surface area contributed by atoms with E-state index in [1.807, 2.05) is 0 Å². The van der Waals surface area contributed by atoms with Crippen molar-refractivity contribution in [2.45, 2.75) is 93.6 Å². The van der Waals surface area contributed by atoms with E-state index in [-0.39, 0.29) is 5.41 Å². The fourth-order valence-corrected chi connectivity index (χ4v) is 2.94. The van der Waals surface area contributed by atoms with Crippen molar-refractivity contribution in [1.82, 2.24) is 0 Å². The molecule has 0 aliphatic rings. The SMILES string of the molecule is CCCCCCOC(C)C(C)(CC(C)(C)C)C(C)C. The molecule has 0 saturated carbocycles. The van der Waals surface area contributed by atoms with Gasteiger partial charge in [-0.25, -0.2) is 0 Å². The Hall–Kier alpha value is -0.0400. The lowest BCUT2D eigenvalue weighted by Gasteiger charge is -2.43. The molecule has 1 heteroatoms. The van der Waals surface area contributed by atoms with Gasteiger partial charge in [0.2, 0.25) is 0 Å². The van der Waals surface area contributed by atoms with Crippen LogP contribution in [-0.4, -0.2) is 12.7 Å². The Bertz CT molecular complexity index is 226. The van der Waals surface area contributed by atoms with Crippen molar-refractivity contribution < 1.29 is 4.74 Å². The summed E-state index contributed by atoms with van der Waals surface area (Å²) in [5.41, 5.74) is 0.627. The Kier molecular flexibility index (Phi) is 8.27. The summed E-state index contributed by atoms with van der Waals surface area (Å²) in [6, 6.07) is 0. The number of unbranched alkanes of at least 4 members (excludes halogenated alkanes) is 3. The summed E-state index contributed by atoms with van der Waals surface area (Å²) in [5.74, 6) is 0.650. The lowest BCUT2D eigenvalue weighted by Crippen LogP contribution is -2.40. The van der Waals surface area contributed by atoms with Gasteiger partial charge in [-0.2, -0.15) is 0 Å². The van der Waals surface area contributed by atoms with E-state index in [0.717, 1.165) is 6.61 Å². The molecule has 2 atom stereocenters. The summed E-state index contributed by atoms with van der Waals surface area (Å²) < 4.78 is 6.16. The Labute approximate surface area is 122 Å². The molecule has 0 spiro atoms. The van der Waals surface area contributed by atoms with E-state index in [9.17, 15) is 0 Å². The standard InChI is InChI=1S/C18H38O/c1-9-10-11-12-13-19-16(4)18(8,15(2)3)14-17(5,6)7/h15-16H,9-14H2,1-8H3. The van der Waals surface area contributed by atoms with Crippen LogP contribution in [0.4, 0.5) is 0 Å². The van der Waals surface area contributed by atoms with Gasteiger partial charge in [0.05, 0.1) is 6.10 Å². The average molecular weight is 271 g/mol. The van der Waals surface area contributed by atoms with Crippen molar-refractivity contribution in [1.29, 1.82) is 0 Å². The first-order valence-electron chi connectivity index (χ1n) is 8.25. The molecule has 0 radical (unpaired) electrons. The topological polar surface area (TPSA) is 9.23 Å². The lowest BCUT2D eigenvalue weighted by molar-refractivity contribution is -0.0641. The zero-order valence-corrected chi connectivity index (χ0v) is 14.8. The van der Waals surface area contributed by atoms with Crippen LogP contribution >= 0.6 is 0 Å². The van der Waals surface area contributed by atoms with Crippen LogP contribution in [0.5, 0.6) is 0 Å². The molecule has 0 N–H and O–H groups in total. The molecule has 0 aromatic carbocycles. The van der Waals surface area contributed by atoms with Crippen LogP contribution in [0.2, 0.25) is 0 Å². The zero-order chi connectivity index (χ0) is 15.1. The van der Waals surface area contributed by atoms with Crippen LogP contribution in [0, 0.1) is 16.7 Å². The summed E-state index contributed by atoms with van der Waals surface area (Å²) in [6.07, 6.45) is 6.70. The molecule has 0 fully saturated rings. The van der Waals surface area contributed by atoms with Gasteiger partial charge in [0.15, 0.2) is 0 Å². The van der Waals surface area contributed by atoms with Gasteiger partial charge >= 0.3 is 0 Å². The quantitative estimate of drug-likeness (QED) is 0.462. The monoisotopic (exact) mass is 270 g/mol.